The monoisotopic (exact) mass is 548 g/mol. The highest BCUT2D eigenvalue weighted by Crippen LogP contribution is 2.37. The molecule has 4 rings (SSSR count). The largest absolute Gasteiger partial charge is 0.497 e. The molecule has 0 bridgehead atoms. The average molecular weight is 549 g/mol. The highest BCUT2D eigenvalue weighted by Gasteiger charge is 2.35. The summed E-state index contributed by atoms with van der Waals surface area (Å²) in [6.07, 6.45) is 7.30. The lowest BCUT2D eigenvalue weighted by molar-refractivity contribution is -0.122. The normalized spacial score (nSPS) is 26.9. The minimum Gasteiger partial charge on any atom is -0.497 e. The Morgan fingerprint density at radius 2 is 1.82 bits per heavy atom. The van der Waals surface area contributed by atoms with Crippen molar-refractivity contribution in [3.63, 3.8) is 0 Å². The van der Waals surface area contributed by atoms with E-state index in [9.17, 15) is 13.2 Å². The number of methoxy groups -OCH3 is 1. The zero-order chi connectivity index (χ0) is 27.4. The molecule has 4 atom stereocenters. The number of likely N-dealkylation sites (tertiary alicyclic amines) is 2. The quantitative estimate of drug-likeness (QED) is 0.483. The molecule has 9 heteroatoms. The van der Waals surface area contributed by atoms with E-state index >= 15 is 0 Å². The van der Waals surface area contributed by atoms with E-state index in [1.54, 1.807) is 40.1 Å². The Morgan fingerprint density at radius 1 is 1.08 bits per heavy atom. The Labute approximate surface area is 230 Å². The van der Waals surface area contributed by atoms with Gasteiger partial charge in [-0.25, -0.2) is 12.7 Å². The fourth-order valence-corrected chi connectivity index (χ4v) is 8.50. The molecule has 1 amide bonds. The fraction of sp³-hybridized carbons (Fsp3) is 0.759. The maximum absolute atomic E-state index is 13.2. The van der Waals surface area contributed by atoms with Crippen LogP contribution < -0.4 is 10.1 Å². The summed E-state index contributed by atoms with van der Waals surface area (Å²) in [5, 5.41) is 3.22. The first-order valence-electron chi connectivity index (χ1n) is 14.4. The van der Waals surface area contributed by atoms with Gasteiger partial charge in [0.25, 0.3) is 0 Å². The fourth-order valence-electron chi connectivity index (χ4n) is 6.92. The van der Waals surface area contributed by atoms with Crippen molar-refractivity contribution in [2.45, 2.75) is 69.7 Å². The third-order valence-electron chi connectivity index (χ3n) is 9.15. The number of rotatable bonds is 10. The Morgan fingerprint density at radius 3 is 2.47 bits per heavy atom. The first-order valence-corrected chi connectivity index (χ1v) is 15.8. The number of fused-ring (bicyclic) bond motifs is 1. The third kappa shape index (κ3) is 7.09. The molecule has 0 spiro atoms. The van der Waals surface area contributed by atoms with Gasteiger partial charge in [-0.1, -0.05) is 0 Å². The van der Waals surface area contributed by atoms with Gasteiger partial charge in [0.15, 0.2) is 0 Å². The first kappa shape index (κ1) is 29.3. The summed E-state index contributed by atoms with van der Waals surface area (Å²) in [6.45, 7) is 9.83. The summed E-state index contributed by atoms with van der Waals surface area (Å²) in [7, 11) is 1.65. The average Bonchev–Trinajstić information content (AvgIpc) is 3.30. The van der Waals surface area contributed by atoms with Gasteiger partial charge in [0.1, 0.15) is 5.75 Å². The van der Waals surface area contributed by atoms with Crippen LogP contribution >= 0.6 is 0 Å². The molecule has 2 heterocycles. The lowest BCUT2D eigenvalue weighted by Gasteiger charge is -2.44. The van der Waals surface area contributed by atoms with E-state index in [1.807, 2.05) is 0 Å². The maximum Gasteiger partial charge on any atom is 0.243 e. The van der Waals surface area contributed by atoms with E-state index in [2.05, 4.69) is 22.2 Å². The van der Waals surface area contributed by atoms with Crippen LogP contribution in [0.15, 0.2) is 17.0 Å². The number of nitrogens with one attached hydrogen (secondary N) is 1. The summed E-state index contributed by atoms with van der Waals surface area (Å²) < 4.78 is 33.0. The van der Waals surface area contributed by atoms with Crippen molar-refractivity contribution in [3.8, 4) is 5.75 Å². The number of hydrogen-bond acceptors (Lipinski definition) is 6. The van der Waals surface area contributed by atoms with E-state index in [0.717, 1.165) is 24.7 Å². The van der Waals surface area contributed by atoms with Crippen LogP contribution in [0.25, 0.3) is 0 Å². The van der Waals surface area contributed by atoms with Gasteiger partial charge in [-0.05, 0) is 120 Å². The van der Waals surface area contributed by atoms with Crippen molar-refractivity contribution in [2.75, 3.05) is 60.5 Å². The molecule has 1 aliphatic carbocycles. The molecule has 1 aromatic carbocycles. The molecule has 3 aliphatic rings. The number of aryl methyl sites for hydroxylation is 2. The molecule has 38 heavy (non-hydrogen) atoms. The number of carbonyl (C=O) groups is 1. The topological polar surface area (TPSA) is 82.2 Å². The molecule has 3 fully saturated rings. The van der Waals surface area contributed by atoms with Crippen LogP contribution in [0.4, 0.5) is 0 Å². The number of ether oxygens (including phenoxy) is 1. The number of nitrogens with zero attached hydrogens (tertiary/aromatic N) is 3. The number of benzene rings is 1. The summed E-state index contributed by atoms with van der Waals surface area (Å²) in [5.41, 5.74) is 1.29. The Balaban J connectivity index is 1.21. The van der Waals surface area contributed by atoms with Crippen LogP contribution in [0.2, 0.25) is 0 Å². The van der Waals surface area contributed by atoms with Crippen molar-refractivity contribution in [1.29, 1.82) is 0 Å². The zero-order valence-electron chi connectivity index (χ0n) is 24.0. The number of hydrogen-bond donors (Lipinski definition) is 1. The highest BCUT2D eigenvalue weighted by molar-refractivity contribution is 7.89. The van der Waals surface area contributed by atoms with Crippen LogP contribution in [0, 0.1) is 31.6 Å². The molecule has 4 unspecified atom stereocenters. The Hall–Kier alpha value is -1.68. The number of amides is 1. The van der Waals surface area contributed by atoms with Gasteiger partial charge in [0.2, 0.25) is 15.9 Å². The molecule has 8 nitrogen and oxygen atoms in total. The lowest BCUT2D eigenvalue weighted by atomic mass is 9.73. The van der Waals surface area contributed by atoms with Crippen molar-refractivity contribution >= 4 is 15.9 Å². The van der Waals surface area contributed by atoms with E-state index in [-0.39, 0.29) is 24.9 Å². The SMILES string of the molecule is COc1cc(C)c(S(=O)(=O)N(C)CCC(=O)NC2CCC3CN(CCC4CCN(C)C4)CCC3C2)c(C)c1. The minimum atomic E-state index is -3.70. The number of carbonyl (C=O) groups excluding carboxylic acids is 1. The van der Waals surface area contributed by atoms with E-state index in [1.165, 1.54) is 62.7 Å². The number of piperidine rings is 1. The van der Waals surface area contributed by atoms with Crippen molar-refractivity contribution < 1.29 is 17.9 Å². The summed E-state index contributed by atoms with van der Waals surface area (Å²) in [4.78, 5) is 18.2. The molecule has 214 valence electrons. The molecule has 1 aromatic rings. The molecule has 2 aliphatic heterocycles. The van der Waals surface area contributed by atoms with Crippen LogP contribution in [-0.4, -0.2) is 94.9 Å². The van der Waals surface area contributed by atoms with Gasteiger partial charge in [-0.15, -0.1) is 0 Å². The third-order valence-corrected chi connectivity index (χ3v) is 11.3. The van der Waals surface area contributed by atoms with E-state index in [0.29, 0.717) is 27.7 Å². The van der Waals surface area contributed by atoms with Crippen LogP contribution in [-0.2, 0) is 14.8 Å². The zero-order valence-corrected chi connectivity index (χ0v) is 24.9. The maximum atomic E-state index is 13.2. The molecule has 2 saturated heterocycles. The molecule has 1 N–H and O–H groups in total. The van der Waals surface area contributed by atoms with Gasteiger partial charge in [0, 0.05) is 39.1 Å². The predicted molar refractivity (Wildman–Crippen MR) is 151 cm³/mol. The number of sulfonamides is 1. The molecule has 1 saturated carbocycles. The van der Waals surface area contributed by atoms with Gasteiger partial charge in [-0.3, -0.25) is 4.79 Å². The minimum absolute atomic E-state index is 0.0577. The van der Waals surface area contributed by atoms with Gasteiger partial charge in [-0.2, -0.15) is 0 Å². The van der Waals surface area contributed by atoms with E-state index in [4.69, 9.17) is 4.74 Å². The second kappa shape index (κ2) is 12.7. The van der Waals surface area contributed by atoms with Crippen LogP contribution in [0.5, 0.6) is 5.75 Å². The van der Waals surface area contributed by atoms with Crippen LogP contribution in [0.3, 0.4) is 0 Å². The van der Waals surface area contributed by atoms with Crippen LogP contribution in [0.1, 0.15) is 56.1 Å². The molecule has 0 radical (unpaired) electrons. The van der Waals surface area contributed by atoms with Crippen molar-refractivity contribution in [2.24, 2.45) is 17.8 Å². The standard InChI is InChI=1S/C29H48N4O4S/c1-21-16-27(37-5)17-22(2)29(21)38(35,36)32(4)13-11-28(34)30-26-7-6-25-20-33(15-10-24(25)18-26)14-9-23-8-12-31(3)19-23/h16-17,23-26H,6-15,18-20H2,1-5H3,(H,30,34). The van der Waals surface area contributed by atoms with Crippen molar-refractivity contribution in [1.82, 2.24) is 19.4 Å². The highest BCUT2D eigenvalue weighted by atomic mass is 32.2. The summed E-state index contributed by atoms with van der Waals surface area (Å²) >= 11 is 0. The second-order valence-corrected chi connectivity index (χ2v) is 14.0. The second-order valence-electron chi connectivity index (χ2n) is 12.1. The Kier molecular flexibility index (Phi) is 9.77. The predicted octanol–water partition coefficient (Wildman–Crippen LogP) is 3.27. The van der Waals surface area contributed by atoms with Gasteiger partial charge >= 0.3 is 0 Å². The van der Waals surface area contributed by atoms with E-state index < -0.39 is 10.0 Å². The van der Waals surface area contributed by atoms with Gasteiger partial charge in [0.05, 0.1) is 12.0 Å². The Bertz CT molecular complexity index is 1060. The first-order chi connectivity index (χ1) is 18.1. The molecular formula is C29H48N4O4S. The summed E-state index contributed by atoms with van der Waals surface area (Å²) in [5.74, 6) is 2.88. The molecular weight excluding hydrogens is 500 g/mol. The lowest BCUT2D eigenvalue weighted by Crippen LogP contribution is -2.48. The molecule has 0 aromatic heterocycles. The summed E-state index contributed by atoms with van der Waals surface area (Å²) in [6, 6.07) is 3.67. The van der Waals surface area contributed by atoms with Crippen molar-refractivity contribution in [3.05, 3.63) is 23.3 Å². The van der Waals surface area contributed by atoms with Gasteiger partial charge < -0.3 is 19.9 Å². The smallest absolute Gasteiger partial charge is 0.243 e.